The van der Waals surface area contributed by atoms with Crippen LogP contribution in [0.4, 0.5) is 0 Å². The van der Waals surface area contributed by atoms with Crippen molar-refractivity contribution in [2.45, 2.75) is 19.6 Å². The highest BCUT2D eigenvalue weighted by molar-refractivity contribution is 7.10. The van der Waals surface area contributed by atoms with Crippen molar-refractivity contribution in [2.24, 2.45) is 0 Å². The van der Waals surface area contributed by atoms with Gasteiger partial charge >= 0.3 is 5.97 Å². The Labute approximate surface area is 93.9 Å². The standard InChI is InChI=1S/C11H16NO2S/c1-8(13)14-10-6-12(2,3)7-11-9(10)4-5-15-11/h4-5,10H,6-7H2,1-3H3/q+1. The van der Waals surface area contributed by atoms with E-state index in [-0.39, 0.29) is 12.1 Å². The fraction of sp³-hybridized carbons (Fsp3) is 0.545. The highest BCUT2D eigenvalue weighted by Crippen LogP contribution is 2.34. The lowest BCUT2D eigenvalue weighted by Crippen LogP contribution is -2.45. The summed E-state index contributed by atoms with van der Waals surface area (Å²) in [4.78, 5) is 12.4. The Kier molecular flexibility index (Phi) is 2.56. The number of quaternary nitrogens is 1. The minimum absolute atomic E-state index is 0.0625. The molecule has 0 N–H and O–H groups in total. The summed E-state index contributed by atoms with van der Waals surface area (Å²) in [7, 11) is 4.33. The summed E-state index contributed by atoms with van der Waals surface area (Å²) in [5, 5.41) is 2.08. The van der Waals surface area contributed by atoms with E-state index in [1.54, 1.807) is 11.3 Å². The summed E-state index contributed by atoms with van der Waals surface area (Å²) in [6, 6.07) is 2.08. The van der Waals surface area contributed by atoms with Crippen molar-refractivity contribution in [3.63, 3.8) is 0 Å². The smallest absolute Gasteiger partial charge is 0.303 e. The molecule has 82 valence electrons. The summed E-state index contributed by atoms with van der Waals surface area (Å²) >= 11 is 1.75. The molecule has 0 fully saturated rings. The summed E-state index contributed by atoms with van der Waals surface area (Å²) in [6.07, 6.45) is -0.0625. The van der Waals surface area contributed by atoms with Crippen LogP contribution < -0.4 is 0 Å². The Morgan fingerprint density at radius 1 is 1.60 bits per heavy atom. The van der Waals surface area contributed by atoms with Crippen molar-refractivity contribution in [3.8, 4) is 0 Å². The number of rotatable bonds is 1. The van der Waals surface area contributed by atoms with E-state index in [2.05, 4.69) is 25.5 Å². The topological polar surface area (TPSA) is 26.3 Å². The molecule has 4 heteroatoms. The van der Waals surface area contributed by atoms with Gasteiger partial charge in [0.05, 0.1) is 19.0 Å². The fourth-order valence-corrected chi connectivity index (χ4v) is 3.21. The van der Waals surface area contributed by atoms with E-state index < -0.39 is 0 Å². The normalized spacial score (nSPS) is 23.3. The lowest BCUT2D eigenvalue weighted by atomic mass is 10.0. The molecular weight excluding hydrogens is 210 g/mol. The van der Waals surface area contributed by atoms with Crippen LogP contribution in [-0.4, -0.2) is 31.1 Å². The van der Waals surface area contributed by atoms with Crippen LogP contribution in [0.5, 0.6) is 0 Å². The molecule has 15 heavy (non-hydrogen) atoms. The van der Waals surface area contributed by atoms with Crippen LogP contribution in [0.3, 0.4) is 0 Å². The first-order chi connectivity index (χ1) is 6.98. The average Bonchev–Trinajstić information content (AvgIpc) is 2.48. The summed E-state index contributed by atoms with van der Waals surface area (Å²) in [5.41, 5.74) is 1.20. The molecule has 2 heterocycles. The predicted molar refractivity (Wildman–Crippen MR) is 59.5 cm³/mol. The zero-order valence-electron chi connectivity index (χ0n) is 9.32. The zero-order chi connectivity index (χ0) is 11.1. The van der Waals surface area contributed by atoms with Gasteiger partial charge in [0.15, 0.2) is 6.10 Å². The second kappa shape index (κ2) is 3.61. The van der Waals surface area contributed by atoms with Crippen LogP contribution in [0.2, 0.25) is 0 Å². The molecule has 0 bridgehead atoms. The van der Waals surface area contributed by atoms with Crippen molar-refractivity contribution in [2.75, 3.05) is 20.6 Å². The molecule has 1 aromatic rings. The molecule has 0 spiro atoms. The molecule has 0 saturated heterocycles. The molecule has 2 rings (SSSR count). The van der Waals surface area contributed by atoms with Crippen LogP contribution in [0, 0.1) is 0 Å². The van der Waals surface area contributed by atoms with E-state index in [0.717, 1.165) is 17.6 Å². The van der Waals surface area contributed by atoms with E-state index in [1.807, 2.05) is 0 Å². The monoisotopic (exact) mass is 226 g/mol. The van der Waals surface area contributed by atoms with Gasteiger partial charge in [0.2, 0.25) is 0 Å². The number of likely N-dealkylation sites (N-methyl/N-ethyl adjacent to an activating group) is 1. The van der Waals surface area contributed by atoms with Crippen LogP contribution in [0.25, 0.3) is 0 Å². The number of hydrogen-bond acceptors (Lipinski definition) is 3. The number of carbonyl (C=O) groups is 1. The second-order valence-corrected chi connectivity index (χ2v) is 5.67. The predicted octanol–water partition coefficient (Wildman–Crippen LogP) is 1.94. The van der Waals surface area contributed by atoms with E-state index in [0.29, 0.717) is 0 Å². The van der Waals surface area contributed by atoms with Crippen molar-refractivity contribution >= 4 is 17.3 Å². The van der Waals surface area contributed by atoms with Crippen molar-refractivity contribution in [3.05, 3.63) is 21.9 Å². The van der Waals surface area contributed by atoms with Gasteiger partial charge in [0.25, 0.3) is 0 Å². The van der Waals surface area contributed by atoms with Crippen molar-refractivity contribution in [1.29, 1.82) is 0 Å². The number of ether oxygens (including phenoxy) is 1. The molecule has 1 aliphatic heterocycles. The van der Waals surface area contributed by atoms with Gasteiger partial charge < -0.3 is 9.22 Å². The van der Waals surface area contributed by atoms with E-state index in [9.17, 15) is 4.79 Å². The molecule has 0 aromatic carbocycles. The van der Waals surface area contributed by atoms with Gasteiger partial charge in [-0.3, -0.25) is 4.79 Å². The van der Waals surface area contributed by atoms with Crippen LogP contribution >= 0.6 is 11.3 Å². The third-order valence-electron chi connectivity index (χ3n) is 2.67. The van der Waals surface area contributed by atoms with Crippen LogP contribution in [0.1, 0.15) is 23.5 Å². The number of nitrogens with zero attached hydrogens (tertiary/aromatic N) is 1. The maximum atomic E-state index is 11.0. The van der Waals surface area contributed by atoms with E-state index in [4.69, 9.17) is 4.74 Å². The van der Waals surface area contributed by atoms with Gasteiger partial charge in [-0.15, -0.1) is 11.3 Å². The lowest BCUT2D eigenvalue weighted by Gasteiger charge is -2.37. The largest absolute Gasteiger partial charge is 0.452 e. The number of carbonyl (C=O) groups excluding carboxylic acids is 1. The summed E-state index contributed by atoms with van der Waals surface area (Å²) in [6.45, 7) is 3.37. The zero-order valence-corrected chi connectivity index (χ0v) is 10.1. The maximum absolute atomic E-state index is 11.0. The lowest BCUT2D eigenvalue weighted by molar-refractivity contribution is -0.909. The Morgan fingerprint density at radius 3 is 3.00 bits per heavy atom. The minimum Gasteiger partial charge on any atom is -0.452 e. The second-order valence-electron chi connectivity index (χ2n) is 4.67. The highest BCUT2D eigenvalue weighted by Gasteiger charge is 2.34. The summed E-state index contributed by atoms with van der Waals surface area (Å²) in [5.74, 6) is -0.195. The SMILES string of the molecule is CC(=O)OC1C[N+](C)(C)Cc2sccc21. The van der Waals surface area contributed by atoms with Gasteiger partial charge in [0.1, 0.15) is 13.1 Å². The molecule has 0 aliphatic carbocycles. The first-order valence-corrected chi connectivity index (χ1v) is 5.91. The fourth-order valence-electron chi connectivity index (χ4n) is 2.07. The van der Waals surface area contributed by atoms with Gasteiger partial charge in [-0.05, 0) is 11.4 Å². The third-order valence-corrected chi connectivity index (χ3v) is 3.59. The molecule has 0 amide bonds. The number of hydrogen-bond donors (Lipinski definition) is 0. The Balaban J connectivity index is 2.29. The molecule has 0 saturated carbocycles. The molecule has 0 radical (unpaired) electrons. The number of thiophene rings is 1. The first-order valence-electron chi connectivity index (χ1n) is 5.03. The third kappa shape index (κ3) is 2.21. The first kappa shape index (κ1) is 10.6. The Bertz CT molecular complexity index is 384. The molecule has 3 nitrogen and oxygen atoms in total. The van der Waals surface area contributed by atoms with Crippen molar-refractivity contribution < 1.29 is 14.0 Å². The summed E-state index contributed by atoms with van der Waals surface area (Å²) < 4.78 is 6.24. The molecule has 1 atom stereocenters. The average molecular weight is 226 g/mol. The highest BCUT2D eigenvalue weighted by atomic mass is 32.1. The quantitative estimate of drug-likeness (QED) is 0.540. The molecule has 1 unspecified atom stereocenters. The Morgan fingerprint density at radius 2 is 2.33 bits per heavy atom. The van der Waals surface area contributed by atoms with E-state index >= 15 is 0 Å². The van der Waals surface area contributed by atoms with Gasteiger partial charge in [-0.2, -0.15) is 0 Å². The number of fused-ring (bicyclic) bond motifs is 1. The Hall–Kier alpha value is -0.870. The molecule has 1 aliphatic rings. The minimum atomic E-state index is -0.195. The van der Waals surface area contributed by atoms with Gasteiger partial charge in [-0.1, -0.05) is 0 Å². The van der Waals surface area contributed by atoms with Crippen LogP contribution in [0.15, 0.2) is 11.4 Å². The van der Waals surface area contributed by atoms with Crippen molar-refractivity contribution in [1.82, 2.24) is 0 Å². The number of esters is 1. The van der Waals surface area contributed by atoms with Gasteiger partial charge in [-0.25, -0.2) is 0 Å². The maximum Gasteiger partial charge on any atom is 0.303 e. The van der Waals surface area contributed by atoms with Gasteiger partial charge in [0, 0.05) is 12.5 Å². The van der Waals surface area contributed by atoms with Crippen LogP contribution in [-0.2, 0) is 16.1 Å². The van der Waals surface area contributed by atoms with E-state index in [1.165, 1.54) is 17.4 Å². The molecule has 1 aromatic heterocycles. The molecular formula is C11H16NO2S+.